The van der Waals surface area contributed by atoms with Crippen molar-refractivity contribution in [1.29, 1.82) is 0 Å². The highest BCUT2D eigenvalue weighted by molar-refractivity contribution is 5.78. The lowest BCUT2D eigenvalue weighted by Crippen LogP contribution is -2.29. The average molecular weight is 239 g/mol. The van der Waals surface area contributed by atoms with Gasteiger partial charge in [-0.15, -0.1) is 0 Å². The molecule has 0 saturated carbocycles. The minimum Gasteiger partial charge on any atom is -0.484 e. The third-order valence-electron chi connectivity index (χ3n) is 1.97. The van der Waals surface area contributed by atoms with E-state index in [1.54, 1.807) is 0 Å². The Bertz CT molecular complexity index is 407. The largest absolute Gasteiger partial charge is 0.484 e. The molecule has 0 aliphatic heterocycles. The van der Waals surface area contributed by atoms with Crippen LogP contribution in [-0.2, 0) is 4.79 Å². The van der Waals surface area contributed by atoms with E-state index in [-0.39, 0.29) is 23.8 Å². The number of hydrogen-bond donors (Lipinski definition) is 1. The van der Waals surface area contributed by atoms with Crippen molar-refractivity contribution in [3.05, 3.63) is 29.6 Å². The third-order valence-corrected chi connectivity index (χ3v) is 1.97. The van der Waals surface area contributed by atoms with Gasteiger partial charge in [-0.3, -0.25) is 9.59 Å². The van der Waals surface area contributed by atoms with Crippen LogP contribution in [0, 0.1) is 5.82 Å². The Morgan fingerprint density at radius 3 is 2.88 bits per heavy atom. The van der Waals surface area contributed by atoms with Gasteiger partial charge in [0.1, 0.15) is 17.9 Å². The van der Waals surface area contributed by atoms with Crippen molar-refractivity contribution in [2.45, 2.75) is 13.3 Å². The molecule has 0 radical (unpaired) electrons. The Kier molecular flexibility index (Phi) is 5.13. The number of rotatable bonds is 6. The second-order valence-corrected chi connectivity index (χ2v) is 3.48. The van der Waals surface area contributed by atoms with E-state index in [0.29, 0.717) is 12.8 Å². The zero-order chi connectivity index (χ0) is 12.7. The van der Waals surface area contributed by atoms with E-state index >= 15 is 0 Å². The molecule has 0 saturated heterocycles. The molecule has 0 aliphatic carbocycles. The maximum atomic E-state index is 13.0. The van der Waals surface area contributed by atoms with Crippen LogP contribution in [0.1, 0.15) is 23.7 Å². The van der Waals surface area contributed by atoms with Crippen molar-refractivity contribution >= 4 is 12.2 Å². The molecule has 0 aliphatic rings. The van der Waals surface area contributed by atoms with E-state index in [2.05, 4.69) is 5.32 Å². The van der Waals surface area contributed by atoms with Gasteiger partial charge in [-0.2, -0.15) is 0 Å². The van der Waals surface area contributed by atoms with E-state index in [9.17, 15) is 14.0 Å². The van der Waals surface area contributed by atoms with E-state index in [4.69, 9.17) is 4.74 Å². The molecule has 0 bridgehead atoms. The van der Waals surface area contributed by atoms with Crippen molar-refractivity contribution in [3.8, 4) is 5.75 Å². The first-order valence-corrected chi connectivity index (χ1v) is 5.31. The lowest BCUT2D eigenvalue weighted by molar-refractivity contribution is -0.123. The van der Waals surface area contributed by atoms with Crippen LogP contribution in [0.25, 0.3) is 0 Å². The fourth-order valence-corrected chi connectivity index (χ4v) is 1.20. The average Bonchev–Trinajstić information content (AvgIpc) is 2.33. The van der Waals surface area contributed by atoms with Crippen molar-refractivity contribution in [2.24, 2.45) is 0 Å². The molecule has 0 heterocycles. The number of aldehydes is 1. The first kappa shape index (κ1) is 13.2. The Balaban J connectivity index is 2.54. The van der Waals surface area contributed by atoms with Gasteiger partial charge in [0.25, 0.3) is 5.91 Å². The molecule has 1 amide bonds. The normalized spacial score (nSPS) is 9.76. The molecule has 1 aromatic rings. The van der Waals surface area contributed by atoms with Gasteiger partial charge in [-0.1, -0.05) is 6.92 Å². The van der Waals surface area contributed by atoms with Gasteiger partial charge in [-0.05, 0) is 18.6 Å². The fraction of sp³-hybridized carbons (Fsp3) is 0.333. The van der Waals surface area contributed by atoms with Crippen molar-refractivity contribution in [3.63, 3.8) is 0 Å². The molecule has 0 spiro atoms. The lowest BCUT2D eigenvalue weighted by Gasteiger charge is -2.07. The first-order valence-electron chi connectivity index (χ1n) is 5.31. The molecule has 0 fully saturated rings. The number of amides is 1. The lowest BCUT2D eigenvalue weighted by atomic mass is 10.2. The van der Waals surface area contributed by atoms with Gasteiger partial charge in [-0.25, -0.2) is 4.39 Å². The van der Waals surface area contributed by atoms with Crippen LogP contribution in [0.4, 0.5) is 4.39 Å². The molecule has 1 rings (SSSR count). The highest BCUT2D eigenvalue weighted by Crippen LogP contribution is 2.15. The predicted molar refractivity (Wildman–Crippen MR) is 60.6 cm³/mol. The van der Waals surface area contributed by atoms with Crippen LogP contribution < -0.4 is 10.1 Å². The van der Waals surface area contributed by atoms with Crippen molar-refractivity contribution < 1.29 is 18.7 Å². The van der Waals surface area contributed by atoms with Crippen LogP contribution in [0.5, 0.6) is 5.75 Å². The number of ether oxygens (including phenoxy) is 1. The highest BCUT2D eigenvalue weighted by Gasteiger charge is 2.04. The van der Waals surface area contributed by atoms with Gasteiger partial charge >= 0.3 is 0 Å². The van der Waals surface area contributed by atoms with Crippen LogP contribution in [0.15, 0.2) is 18.2 Å². The quantitative estimate of drug-likeness (QED) is 0.766. The monoisotopic (exact) mass is 239 g/mol. The van der Waals surface area contributed by atoms with Crippen LogP contribution in [0.3, 0.4) is 0 Å². The zero-order valence-electron chi connectivity index (χ0n) is 9.53. The molecule has 1 N–H and O–H groups in total. The summed E-state index contributed by atoms with van der Waals surface area (Å²) in [5.41, 5.74) is 0.175. The summed E-state index contributed by atoms with van der Waals surface area (Å²) in [5.74, 6) is -0.680. The summed E-state index contributed by atoms with van der Waals surface area (Å²) in [5, 5.41) is 2.62. The van der Waals surface area contributed by atoms with Crippen molar-refractivity contribution in [1.82, 2.24) is 5.32 Å². The van der Waals surface area contributed by atoms with E-state index in [1.807, 2.05) is 6.92 Å². The third kappa shape index (κ3) is 4.63. The number of carbonyl (C=O) groups is 2. The number of benzene rings is 1. The smallest absolute Gasteiger partial charge is 0.257 e. The number of hydrogen-bond acceptors (Lipinski definition) is 3. The van der Waals surface area contributed by atoms with E-state index in [1.165, 1.54) is 6.07 Å². The second-order valence-electron chi connectivity index (χ2n) is 3.48. The molecule has 0 atom stereocenters. The van der Waals surface area contributed by atoms with Gasteiger partial charge < -0.3 is 10.1 Å². The minimum atomic E-state index is -0.571. The topological polar surface area (TPSA) is 55.4 Å². The summed E-state index contributed by atoms with van der Waals surface area (Å²) in [4.78, 5) is 21.7. The zero-order valence-corrected chi connectivity index (χ0v) is 9.53. The molecular weight excluding hydrogens is 225 g/mol. The number of carbonyl (C=O) groups excluding carboxylic acids is 2. The molecule has 92 valence electrons. The van der Waals surface area contributed by atoms with Crippen LogP contribution >= 0.6 is 0 Å². The van der Waals surface area contributed by atoms with Gasteiger partial charge in [0, 0.05) is 18.2 Å². The Hall–Kier alpha value is -1.91. The summed E-state index contributed by atoms with van der Waals surface area (Å²) in [6.07, 6.45) is 1.36. The molecule has 0 unspecified atom stereocenters. The molecule has 17 heavy (non-hydrogen) atoms. The summed E-state index contributed by atoms with van der Waals surface area (Å²) >= 11 is 0. The number of nitrogens with one attached hydrogen (secondary N) is 1. The summed E-state index contributed by atoms with van der Waals surface area (Å²) < 4.78 is 18.1. The van der Waals surface area contributed by atoms with Crippen LogP contribution in [0.2, 0.25) is 0 Å². The second kappa shape index (κ2) is 6.62. The molecule has 0 aromatic heterocycles. The number of halogens is 1. The standard InChI is InChI=1S/C12H14FNO3/c1-2-3-14-12(16)8-17-11-5-9(7-15)4-10(13)6-11/h4-7H,2-3,8H2,1H3,(H,14,16). The Morgan fingerprint density at radius 1 is 1.47 bits per heavy atom. The molecule has 4 nitrogen and oxygen atoms in total. The molecular formula is C12H14FNO3. The SMILES string of the molecule is CCCNC(=O)COc1cc(F)cc(C=O)c1. The summed E-state index contributed by atoms with van der Waals surface area (Å²) in [7, 11) is 0. The summed E-state index contributed by atoms with van der Waals surface area (Å²) in [6.45, 7) is 2.32. The fourth-order valence-electron chi connectivity index (χ4n) is 1.20. The van der Waals surface area contributed by atoms with Crippen LogP contribution in [-0.4, -0.2) is 25.3 Å². The van der Waals surface area contributed by atoms with Crippen molar-refractivity contribution in [2.75, 3.05) is 13.2 Å². The Morgan fingerprint density at radius 2 is 2.24 bits per heavy atom. The van der Waals surface area contributed by atoms with E-state index < -0.39 is 5.82 Å². The molecule has 5 heteroatoms. The maximum absolute atomic E-state index is 13.0. The van der Waals surface area contributed by atoms with E-state index in [0.717, 1.165) is 18.6 Å². The molecule has 1 aromatic carbocycles. The van der Waals surface area contributed by atoms with Gasteiger partial charge in [0.15, 0.2) is 6.61 Å². The first-order chi connectivity index (χ1) is 8.15. The predicted octanol–water partition coefficient (Wildman–Crippen LogP) is 1.54. The maximum Gasteiger partial charge on any atom is 0.257 e. The van der Waals surface area contributed by atoms with Gasteiger partial charge in [0.05, 0.1) is 0 Å². The summed E-state index contributed by atoms with van der Waals surface area (Å²) in [6, 6.07) is 3.60. The minimum absolute atomic E-state index is 0.166. The van der Waals surface area contributed by atoms with Gasteiger partial charge in [0.2, 0.25) is 0 Å². The highest BCUT2D eigenvalue weighted by atomic mass is 19.1. The Labute approximate surface area is 98.8 Å².